The molecule has 0 heterocycles. The molecule has 0 radical (unpaired) electrons. The van der Waals surface area contributed by atoms with Gasteiger partial charge in [-0.2, -0.15) is 0 Å². The minimum Gasteiger partial charge on any atom is -0.481 e. The minimum absolute atomic E-state index is 0.559. The molecule has 4 heteroatoms. The smallest absolute Gasteiger partial charge is 0.310 e. The Morgan fingerprint density at radius 2 is 1.63 bits per heavy atom. The summed E-state index contributed by atoms with van der Waals surface area (Å²) in [6, 6.07) is 16.0. The Kier molecular flexibility index (Phi) is 4.12. The number of carboxylic acids is 1. The largest absolute Gasteiger partial charge is 0.481 e. The molecule has 0 aromatic heterocycles. The standard InChI is InChI=1S/C15H14O3S/c1-11(15(16)17)13-9-5-6-10-14(13)19(18)12-7-3-2-4-8-12/h2-11H,1H3,(H,16,17)/t11-,19+/m0/s1. The molecule has 0 aliphatic carbocycles. The van der Waals surface area contributed by atoms with Gasteiger partial charge in [0.05, 0.1) is 16.7 Å². The molecule has 0 fully saturated rings. The topological polar surface area (TPSA) is 54.4 Å². The van der Waals surface area contributed by atoms with Crippen molar-refractivity contribution in [3.05, 3.63) is 60.2 Å². The predicted molar refractivity (Wildman–Crippen MR) is 73.6 cm³/mol. The summed E-state index contributed by atoms with van der Waals surface area (Å²) in [5, 5.41) is 9.11. The van der Waals surface area contributed by atoms with E-state index in [1.165, 1.54) is 0 Å². The molecule has 2 atom stereocenters. The zero-order valence-corrected chi connectivity index (χ0v) is 11.3. The lowest BCUT2D eigenvalue weighted by Crippen LogP contribution is -2.10. The van der Waals surface area contributed by atoms with Crippen LogP contribution in [0, 0.1) is 0 Å². The van der Waals surface area contributed by atoms with Crippen LogP contribution in [0.4, 0.5) is 0 Å². The molecule has 98 valence electrons. The Balaban J connectivity index is 2.46. The molecular formula is C15H14O3S. The molecule has 0 saturated heterocycles. The predicted octanol–water partition coefficient (Wildman–Crippen LogP) is 3.04. The van der Waals surface area contributed by atoms with Gasteiger partial charge in [-0.1, -0.05) is 36.4 Å². The van der Waals surface area contributed by atoms with Crippen LogP contribution in [0.2, 0.25) is 0 Å². The Morgan fingerprint density at radius 3 is 2.26 bits per heavy atom. The molecule has 2 aromatic rings. The summed E-state index contributed by atoms with van der Waals surface area (Å²) in [5.41, 5.74) is 0.595. The summed E-state index contributed by atoms with van der Waals surface area (Å²) in [6.45, 7) is 1.60. The molecule has 2 rings (SSSR count). The average Bonchev–Trinajstić information content (AvgIpc) is 2.46. The highest BCUT2D eigenvalue weighted by molar-refractivity contribution is 7.85. The first kappa shape index (κ1) is 13.5. The maximum atomic E-state index is 12.5. The van der Waals surface area contributed by atoms with E-state index in [0.717, 1.165) is 0 Å². The van der Waals surface area contributed by atoms with Gasteiger partial charge < -0.3 is 5.11 Å². The summed E-state index contributed by atoms with van der Waals surface area (Å²) >= 11 is 0. The SMILES string of the molecule is C[C@H](C(=O)O)c1ccccc1[S@](=O)c1ccccc1. The number of hydrogen-bond acceptors (Lipinski definition) is 2. The zero-order valence-electron chi connectivity index (χ0n) is 10.4. The van der Waals surface area contributed by atoms with Gasteiger partial charge in [0.2, 0.25) is 0 Å². The quantitative estimate of drug-likeness (QED) is 0.932. The number of benzene rings is 2. The van der Waals surface area contributed by atoms with Gasteiger partial charge in [0.1, 0.15) is 0 Å². The lowest BCUT2D eigenvalue weighted by Gasteiger charge is -2.12. The Labute approximate surface area is 114 Å². The summed E-state index contributed by atoms with van der Waals surface area (Å²) in [5.74, 6) is -1.60. The van der Waals surface area contributed by atoms with Crippen molar-refractivity contribution in [1.82, 2.24) is 0 Å². The molecule has 2 aromatic carbocycles. The highest BCUT2D eigenvalue weighted by Crippen LogP contribution is 2.26. The van der Waals surface area contributed by atoms with E-state index in [2.05, 4.69) is 0 Å². The van der Waals surface area contributed by atoms with Crippen LogP contribution in [0.25, 0.3) is 0 Å². The van der Waals surface area contributed by atoms with Gasteiger partial charge >= 0.3 is 5.97 Å². The minimum atomic E-state index is -1.36. The van der Waals surface area contributed by atoms with E-state index in [4.69, 9.17) is 5.11 Å². The second kappa shape index (κ2) is 5.80. The fourth-order valence-electron chi connectivity index (χ4n) is 1.81. The van der Waals surface area contributed by atoms with Crippen molar-refractivity contribution < 1.29 is 14.1 Å². The molecule has 3 nitrogen and oxygen atoms in total. The van der Waals surface area contributed by atoms with Crippen LogP contribution >= 0.6 is 0 Å². The van der Waals surface area contributed by atoms with Crippen molar-refractivity contribution in [2.45, 2.75) is 22.6 Å². The third-order valence-electron chi connectivity index (χ3n) is 2.91. The highest BCUT2D eigenvalue weighted by Gasteiger charge is 2.20. The van der Waals surface area contributed by atoms with Gasteiger partial charge in [-0.25, -0.2) is 4.21 Å². The molecule has 0 aliphatic heterocycles. The number of carboxylic acid groups (broad SMARTS) is 1. The number of rotatable bonds is 4. The van der Waals surface area contributed by atoms with Crippen LogP contribution < -0.4 is 0 Å². The maximum absolute atomic E-state index is 12.5. The second-order valence-electron chi connectivity index (χ2n) is 4.18. The third kappa shape index (κ3) is 2.90. The van der Waals surface area contributed by atoms with Crippen LogP contribution in [0.3, 0.4) is 0 Å². The monoisotopic (exact) mass is 274 g/mol. The Hall–Kier alpha value is -1.94. The van der Waals surface area contributed by atoms with Crippen molar-refractivity contribution >= 4 is 16.8 Å². The van der Waals surface area contributed by atoms with Gasteiger partial charge in [-0.15, -0.1) is 0 Å². The molecule has 0 spiro atoms. The Bertz CT molecular complexity index is 608. The fraction of sp³-hybridized carbons (Fsp3) is 0.133. The van der Waals surface area contributed by atoms with E-state index in [9.17, 15) is 9.00 Å². The number of aliphatic carboxylic acids is 1. The van der Waals surface area contributed by atoms with E-state index < -0.39 is 22.7 Å². The molecule has 0 saturated carbocycles. The lowest BCUT2D eigenvalue weighted by atomic mass is 10.0. The van der Waals surface area contributed by atoms with Crippen LogP contribution in [-0.4, -0.2) is 15.3 Å². The fourth-order valence-corrected chi connectivity index (χ4v) is 3.13. The first-order valence-electron chi connectivity index (χ1n) is 5.90. The summed E-state index contributed by atoms with van der Waals surface area (Å²) in [4.78, 5) is 12.3. The van der Waals surface area contributed by atoms with E-state index in [1.54, 1.807) is 43.3 Å². The van der Waals surface area contributed by atoms with Crippen molar-refractivity contribution in [3.8, 4) is 0 Å². The van der Waals surface area contributed by atoms with Gasteiger partial charge in [0.15, 0.2) is 0 Å². The van der Waals surface area contributed by atoms with E-state index in [-0.39, 0.29) is 0 Å². The van der Waals surface area contributed by atoms with Crippen LogP contribution in [-0.2, 0) is 15.6 Å². The van der Waals surface area contributed by atoms with Gasteiger partial charge in [-0.3, -0.25) is 4.79 Å². The normalized spacial score (nSPS) is 13.7. The van der Waals surface area contributed by atoms with Crippen molar-refractivity contribution in [3.63, 3.8) is 0 Å². The third-order valence-corrected chi connectivity index (χ3v) is 4.38. The van der Waals surface area contributed by atoms with E-state index >= 15 is 0 Å². The maximum Gasteiger partial charge on any atom is 0.310 e. The summed E-state index contributed by atoms with van der Waals surface area (Å²) in [6.07, 6.45) is 0. The van der Waals surface area contributed by atoms with Gasteiger partial charge in [0.25, 0.3) is 0 Å². The molecule has 0 amide bonds. The first-order chi connectivity index (χ1) is 9.11. The Morgan fingerprint density at radius 1 is 1.05 bits per heavy atom. The first-order valence-corrected chi connectivity index (χ1v) is 7.05. The average molecular weight is 274 g/mol. The number of carbonyl (C=O) groups is 1. The molecule has 0 bridgehead atoms. The number of hydrogen-bond donors (Lipinski definition) is 1. The van der Waals surface area contributed by atoms with E-state index in [0.29, 0.717) is 15.4 Å². The van der Waals surface area contributed by atoms with Gasteiger partial charge in [-0.05, 0) is 30.7 Å². The van der Waals surface area contributed by atoms with Crippen molar-refractivity contribution in [1.29, 1.82) is 0 Å². The molecule has 1 N–H and O–H groups in total. The lowest BCUT2D eigenvalue weighted by molar-refractivity contribution is -0.138. The summed E-state index contributed by atoms with van der Waals surface area (Å²) < 4.78 is 12.5. The van der Waals surface area contributed by atoms with Crippen LogP contribution in [0.15, 0.2) is 64.4 Å². The van der Waals surface area contributed by atoms with Gasteiger partial charge in [0, 0.05) is 9.79 Å². The zero-order chi connectivity index (χ0) is 13.8. The van der Waals surface area contributed by atoms with Crippen LogP contribution in [0.5, 0.6) is 0 Å². The van der Waals surface area contributed by atoms with Crippen molar-refractivity contribution in [2.75, 3.05) is 0 Å². The molecule has 0 unspecified atom stereocenters. The van der Waals surface area contributed by atoms with E-state index in [1.807, 2.05) is 18.2 Å². The highest BCUT2D eigenvalue weighted by atomic mass is 32.2. The van der Waals surface area contributed by atoms with Crippen LogP contribution in [0.1, 0.15) is 18.4 Å². The molecular weight excluding hydrogens is 260 g/mol. The molecule has 19 heavy (non-hydrogen) atoms. The summed E-state index contributed by atoms with van der Waals surface area (Å²) in [7, 11) is -1.36. The second-order valence-corrected chi connectivity index (χ2v) is 5.63. The van der Waals surface area contributed by atoms with Crippen molar-refractivity contribution in [2.24, 2.45) is 0 Å². The molecule has 0 aliphatic rings.